The number of ether oxygens (including phenoxy) is 1. The van der Waals surface area contributed by atoms with E-state index in [9.17, 15) is 14.7 Å². The fraction of sp³-hybridized carbons (Fsp3) is 0.238. The number of likely N-dealkylation sites (tertiary alicyclic amines) is 1. The van der Waals surface area contributed by atoms with Crippen molar-refractivity contribution in [1.29, 1.82) is 0 Å². The third-order valence-corrected chi connectivity index (χ3v) is 4.58. The summed E-state index contributed by atoms with van der Waals surface area (Å²) in [4.78, 5) is 26.7. The highest BCUT2D eigenvalue weighted by molar-refractivity contribution is 6.46. The Morgan fingerprint density at radius 1 is 1.07 bits per heavy atom. The minimum absolute atomic E-state index is 0.0503. The van der Waals surface area contributed by atoms with E-state index in [-0.39, 0.29) is 24.5 Å². The molecule has 0 bridgehead atoms. The zero-order valence-electron chi connectivity index (χ0n) is 15.0. The van der Waals surface area contributed by atoms with Gasteiger partial charge in [-0.25, -0.2) is 0 Å². The van der Waals surface area contributed by atoms with Crippen LogP contribution in [-0.2, 0) is 9.59 Å². The molecule has 1 fully saturated rings. The molecule has 1 unspecified atom stereocenters. The van der Waals surface area contributed by atoms with Crippen molar-refractivity contribution in [3.05, 3.63) is 71.3 Å². The molecule has 0 radical (unpaired) electrons. The third-order valence-electron chi connectivity index (χ3n) is 4.58. The van der Waals surface area contributed by atoms with Gasteiger partial charge in [0.2, 0.25) is 0 Å². The molecule has 0 spiro atoms. The molecule has 1 aliphatic rings. The molecule has 1 heterocycles. The second-order valence-corrected chi connectivity index (χ2v) is 6.21. The summed E-state index contributed by atoms with van der Waals surface area (Å²) in [5, 5.41) is 20.0. The standard InChI is InChI=1S/C21H21NO5/c1-27-16-10-8-15(9-11-16)19(24)17-18(14-6-3-2-4-7-14)22(12-5-13-23)21(26)20(17)25/h2-4,6-11,18,23-24H,5,12-13H2,1H3. The van der Waals surface area contributed by atoms with Crippen molar-refractivity contribution in [2.75, 3.05) is 20.3 Å². The molecule has 0 saturated carbocycles. The lowest BCUT2D eigenvalue weighted by atomic mass is 9.95. The molecule has 1 amide bonds. The molecule has 6 nitrogen and oxygen atoms in total. The second kappa shape index (κ2) is 8.05. The van der Waals surface area contributed by atoms with Crippen LogP contribution in [0.5, 0.6) is 5.75 Å². The lowest BCUT2D eigenvalue weighted by Gasteiger charge is -2.25. The minimum atomic E-state index is -0.727. The van der Waals surface area contributed by atoms with Crippen LogP contribution in [0.15, 0.2) is 60.2 Å². The van der Waals surface area contributed by atoms with Gasteiger partial charge >= 0.3 is 0 Å². The number of Topliss-reactive ketones (excluding diaryl/α,β-unsaturated/α-hetero) is 1. The van der Waals surface area contributed by atoms with E-state index in [2.05, 4.69) is 0 Å². The number of aliphatic hydroxyl groups excluding tert-OH is 2. The number of hydrogen-bond acceptors (Lipinski definition) is 5. The molecule has 2 N–H and O–H groups in total. The lowest BCUT2D eigenvalue weighted by Crippen LogP contribution is -2.31. The Morgan fingerprint density at radius 2 is 1.74 bits per heavy atom. The Hall–Kier alpha value is -3.12. The molecular formula is C21H21NO5. The number of rotatable bonds is 6. The number of methoxy groups -OCH3 is 1. The van der Waals surface area contributed by atoms with Crippen molar-refractivity contribution in [3.8, 4) is 5.75 Å². The Kier molecular flexibility index (Phi) is 5.57. The molecule has 0 aliphatic carbocycles. The summed E-state index contributed by atoms with van der Waals surface area (Å²) in [7, 11) is 1.54. The molecule has 2 aromatic rings. The topological polar surface area (TPSA) is 87.1 Å². The van der Waals surface area contributed by atoms with Gasteiger partial charge in [-0.15, -0.1) is 0 Å². The van der Waals surface area contributed by atoms with Gasteiger partial charge in [-0.3, -0.25) is 9.59 Å². The third kappa shape index (κ3) is 3.57. The molecular weight excluding hydrogens is 346 g/mol. The lowest BCUT2D eigenvalue weighted by molar-refractivity contribution is -0.140. The monoisotopic (exact) mass is 367 g/mol. The number of hydrogen-bond donors (Lipinski definition) is 2. The number of nitrogens with zero attached hydrogens (tertiary/aromatic N) is 1. The van der Waals surface area contributed by atoms with Gasteiger partial charge in [-0.05, 0) is 36.2 Å². The fourth-order valence-corrected chi connectivity index (χ4v) is 3.24. The van der Waals surface area contributed by atoms with Crippen LogP contribution >= 0.6 is 0 Å². The Bertz CT molecular complexity index is 858. The average Bonchev–Trinajstić information content (AvgIpc) is 2.97. The van der Waals surface area contributed by atoms with Crippen LogP contribution in [0.3, 0.4) is 0 Å². The van der Waals surface area contributed by atoms with E-state index in [0.717, 1.165) is 5.56 Å². The van der Waals surface area contributed by atoms with E-state index in [0.29, 0.717) is 17.7 Å². The number of amides is 1. The first-order valence-corrected chi connectivity index (χ1v) is 8.67. The normalized spacial score (nSPS) is 18.7. The fourth-order valence-electron chi connectivity index (χ4n) is 3.24. The molecule has 1 saturated heterocycles. The highest BCUT2D eigenvalue weighted by Crippen LogP contribution is 2.39. The van der Waals surface area contributed by atoms with Crippen LogP contribution in [-0.4, -0.2) is 47.1 Å². The summed E-state index contributed by atoms with van der Waals surface area (Å²) in [6, 6.07) is 15.0. The summed E-state index contributed by atoms with van der Waals surface area (Å²) >= 11 is 0. The highest BCUT2D eigenvalue weighted by Gasteiger charge is 2.45. The first kappa shape index (κ1) is 18.7. The van der Waals surface area contributed by atoms with E-state index >= 15 is 0 Å². The van der Waals surface area contributed by atoms with Gasteiger partial charge in [-0.2, -0.15) is 0 Å². The van der Waals surface area contributed by atoms with E-state index < -0.39 is 17.7 Å². The molecule has 27 heavy (non-hydrogen) atoms. The van der Waals surface area contributed by atoms with Gasteiger partial charge < -0.3 is 19.8 Å². The zero-order valence-corrected chi connectivity index (χ0v) is 15.0. The van der Waals surface area contributed by atoms with Crippen LogP contribution in [0.4, 0.5) is 0 Å². The molecule has 1 aliphatic heterocycles. The number of carbonyl (C=O) groups excluding carboxylic acids is 2. The van der Waals surface area contributed by atoms with Crippen molar-refractivity contribution in [2.45, 2.75) is 12.5 Å². The van der Waals surface area contributed by atoms with Gasteiger partial charge in [-0.1, -0.05) is 30.3 Å². The highest BCUT2D eigenvalue weighted by atomic mass is 16.5. The number of carbonyl (C=O) groups is 2. The first-order valence-electron chi connectivity index (χ1n) is 8.67. The van der Waals surface area contributed by atoms with Crippen LogP contribution in [0.25, 0.3) is 5.76 Å². The van der Waals surface area contributed by atoms with Gasteiger partial charge in [0, 0.05) is 18.7 Å². The predicted molar refractivity (Wildman–Crippen MR) is 100 cm³/mol. The van der Waals surface area contributed by atoms with Gasteiger partial charge in [0.15, 0.2) is 0 Å². The SMILES string of the molecule is COc1ccc(C(O)=C2C(=O)C(=O)N(CCCO)C2c2ccccc2)cc1. The molecule has 0 aromatic heterocycles. The summed E-state index contributed by atoms with van der Waals surface area (Å²) < 4.78 is 5.11. The Labute approximate surface area is 157 Å². The van der Waals surface area contributed by atoms with Crippen LogP contribution in [0, 0.1) is 0 Å². The van der Waals surface area contributed by atoms with Crippen molar-refractivity contribution in [1.82, 2.24) is 4.90 Å². The van der Waals surface area contributed by atoms with Crippen LogP contribution in [0.1, 0.15) is 23.6 Å². The number of aliphatic hydroxyl groups is 2. The molecule has 6 heteroatoms. The Morgan fingerprint density at radius 3 is 2.33 bits per heavy atom. The predicted octanol–water partition coefficient (Wildman–Crippen LogP) is 2.50. The van der Waals surface area contributed by atoms with Crippen molar-refractivity contribution in [2.24, 2.45) is 0 Å². The summed E-state index contributed by atoms with van der Waals surface area (Å²) in [5.74, 6) is -1.01. The van der Waals surface area contributed by atoms with E-state index in [1.54, 1.807) is 24.3 Å². The number of benzene rings is 2. The summed E-state index contributed by atoms with van der Waals surface area (Å²) in [5.41, 5.74) is 1.20. The largest absolute Gasteiger partial charge is 0.507 e. The maximum Gasteiger partial charge on any atom is 0.295 e. The van der Waals surface area contributed by atoms with Crippen LogP contribution < -0.4 is 4.74 Å². The van der Waals surface area contributed by atoms with Gasteiger partial charge in [0.05, 0.1) is 18.7 Å². The Balaban J connectivity index is 2.11. The van der Waals surface area contributed by atoms with Crippen molar-refractivity contribution >= 4 is 17.4 Å². The zero-order chi connectivity index (χ0) is 19.4. The average molecular weight is 367 g/mol. The summed E-state index contributed by atoms with van der Waals surface area (Å²) in [6.07, 6.45) is 0.346. The van der Waals surface area contributed by atoms with Crippen molar-refractivity contribution in [3.63, 3.8) is 0 Å². The van der Waals surface area contributed by atoms with E-state index in [1.807, 2.05) is 30.3 Å². The molecule has 1 atom stereocenters. The van der Waals surface area contributed by atoms with E-state index in [4.69, 9.17) is 9.84 Å². The molecule has 3 rings (SSSR count). The van der Waals surface area contributed by atoms with Gasteiger partial charge in [0.25, 0.3) is 11.7 Å². The first-order chi connectivity index (χ1) is 13.1. The minimum Gasteiger partial charge on any atom is -0.507 e. The van der Waals surface area contributed by atoms with E-state index in [1.165, 1.54) is 12.0 Å². The molecule has 2 aromatic carbocycles. The summed E-state index contributed by atoms with van der Waals surface area (Å²) in [6.45, 7) is 0.128. The van der Waals surface area contributed by atoms with Crippen molar-refractivity contribution < 1.29 is 24.5 Å². The maximum absolute atomic E-state index is 12.7. The smallest absolute Gasteiger partial charge is 0.295 e. The quantitative estimate of drug-likeness (QED) is 0.465. The number of ketones is 1. The maximum atomic E-state index is 12.7. The second-order valence-electron chi connectivity index (χ2n) is 6.21. The van der Waals surface area contributed by atoms with Crippen LogP contribution in [0.2, 0.25) is 0 Å². The molecule has 140 valence electrons. The van der Waals surface area contributed by atoms with Gasteiger partial charge in [0.1, 0.15) is 11.5 Å².